The van der Waals surface area contributed by atoms with E-state index in [9.17, 15) is 9.59 Å². The van der Waals surface area contributed by atoms with Crippen molar-refractivity contribution in [1.82, 2.24) is 20.0 Å². The largest absolute Gasteiger partial charge is 0.375 e. The molecule has 20 heavy (non-hydrogen) atoms. The van der Waals surface area contributed by atoms with Gasteiger partial charge < -0.3 is 24.8 Å². The van der Waals surface area contributed by atoms with E-state index in [0.717, 1.165) is 13.1 Å². The van der Waals surface area contributed by atoms with E-state index >= 15 is 0 Å². The molecule has 7 heteroatoms. The zero-order chi connectivity index (χ0) is 14.5. The van der Waals surface area contributed by atoms with Crippen molar-refractivity contribution >= 4 is 11.9 Å². The third-order valence-corrected chi connectivity index (χ3v) is 3.69. The van der Waals surface area contributed by atoms with E-state index in [-0.39, 0.29) is 18.0 Å². The summed E-state index contributed by atoms with van der Waals surface area (Å²) in [7, 11) is 3.49. The summed E-state index contributed by atoms with van der Waals surface area (Å²) in [6.07, 6.45) is 0.409. The van der Waals surface area contributed by atoms with Crippen LogP contribution in [0.3, 0.4) is 0 Å². The molecule has 2 saturated heterocycles. The number of rotatable bonds is 2. The minimum atomic E-state index is -0.0160. The molecule has 0 aromatic carbocycles. The van der Waals surface area contributed by atoms with Gasteiger partial charge in [0.2, 0.25) is 5.91 Å². The second kappa shape index (κ2) is 6.90. The first-order chi connectivity index (χ1) is 9.58. The van der Waals surface area contributed by atoms with Gasteiger partial charge in [-0.15, -0.1) is 0 Å². The van der Waals surface area contributed by atoms with E-state index in [1.807, 2.05) is 4.90 Å². The van der Waals surface area contributed by atoms with Crippen LogP contribution in [0.2, 0.25) is 0 Å². The molecule has 0 spiro atoms. The Morgan fingerprint density at radius 1 is 1.20 bits per heavy atom. The van der Waals surface area contributed by atoms with Gasteiger partial charge in [-0.05, 0) is 0 Å². The lowest BCUT2D eigenvalue weighted by molar-refractivity contribution is -0.136. The fraction of sp³-hybridized carbons (Fsp3) is 0.846. The van der Waals surface area contributed by atoms with Gasteiger partial charge in [-0.2, -0.15) is 0 Å². The second-order valence-electron chi connectivity index (χ2n) is 5.45. The van der Waals surface area contributed by atoms with Crippen LogP contribution in [0, 0.1) is 0 Å². The first-order valence-electron chi connectivity index (χ1n) is 7.14. The van der Waals surface area contributed by atoms with E-state index in [2.05, 4.69) is 5.32 Å². The van der Waals surface area contributed by atoms with Crippen molar-refractivity contribution < 1.29 is 14.3 Å². The molecule has 0 aromatic rings. The lowest BCUT2D eigenvalue weighted by Crippen LogP contribution is -2.53. The summed E-state index contributed by atoms with van der Waals surface area (Å²) in [5, 5.41) is 3.22. The molecule has 0 aliphatic carbocycles. The molecule has 2 rings (SSSR count). The summed E-state index contributed by atoms with van der Waals surface area (Å²) in [4.78, 5) is 29.2. The molecular weight excluding hydrogens is 260 g/mol. The number of piperazine rings is 1. The molecule has 0 aromatic heterocycles. The quantitative estimate of drug-likeness (QED) is 0.720. The van der Waals surface area contributed by atoms with Gasteiger partial charge in [0, 0.05) is 53.4 Å². The van der Waals surface area contributed by atoms with Gasteiger partial charge >= 0.3 is 6.03 Å². The zero-order valence-electron chi connectivity index (χ0n) is 12.3. The van der Waals surface area contributed by atoms with Gasteiger partial charge in [-0.3, -0.25) is 4.79 Å². The number of urea groups is 1. The average Bonchev–Trinajstić information content (AvgIpc) is 2.47. The Hall–Kier alpha value is -1.34. The Morgan fingerprint density at radius 3 is 2.40 bits per heavy atom. The number of nitrogens with one attached hydrogen (secondary N) is 1. The van der Waals surface area contributed by atoms with E-state index in [4.69, 9.17) is 4.74 Å². The summed E-state index contributed by atoms with van der Waals surface area (Å²) in [6.45, 7) is 4.69. The maximum Gasteiger partial charge on any atom is 0.319 e. The summed E-state index contributed by atoms with van der Waals surface area (Å²) < 4.78 is 5.55. The lowest BCUT2D eigenvalue weighted by atomic mass is 10.2. The summed E-state index contributed by atoms with van der Waals surface area (Å²) in [5.41, 5.74) is 0. The minimum absolute atomic E-state index is 0.0110. The van der Waals surface area contributed by atoms with Crippen LogP contribution in [0.15, 0.2) is 0 Å². The van der Waals surface area contributed by atoms with Crippen molar-refractivity contribution in [3.63, 3.8) is 0 Å². The number of hydrogen-bond acceptors (Lipinski definition) is 4. The highest BCUT2D eigenvalue weighted by Gasteiger charge is 2.27. The molecule has 2 aliphatic rings. The standard InChI is InChI=1S/C13H24N4O3/c1-15(2)13(19)17-6-4-16(5-7-17)12(18)9-11-10-14-3-8-20-11/h11,14H,3-10H2,1-2H3. The number of morpholine rings is 1. The fourth-order valence-corrected chi connectivity index (χ4v) is 2.50. The fourth-order valence-electron chi connectivity index (χ4n) is 2.50. The Bertz CT molecular complexity index is 348. The number of carbonyl (C=O) groups excluding carboxylic acids is 2. The van der Waals surface area contributed by atoms with Gasteiger partial charge in [0.05, 0.1) is 19.1 Å². The van der Waals surface area contributed by atoms with Crippen molar-refractivity contribution in [2.75, 3.05) is 60.0 Å². The average molecular weight is 284 g/mol. The van der Waals surface area contributed by atoms with Gasteiger partial charge in [0.1, 0.15) is 0 Å². The third-order valence-electron chi connectivity index (χ3n) is 3.69. The highest BCUT2D eigenvalue weighted by Crippen LogP contribution is 2.09. The van der Waals surface area contributed by atoms with Crippen LogP contribution in [0.25, 0.3) is 0 Å². The molecule has 114 valence electrons. The van der Waals surface area contributed by atoms with Crippen molar-refractivity contribution in [2.45, 2.75) is 12.5 Å². The van der Waals surface area contributed by atoms with Crippen LogP contribution < -0.4 is 5.32 Å². The van der Waals surface area contributed by atoms with Crippen molar-refractivity contribution in [3.8, 4) is 0 Å². The molecule has 2 fully saturated rings. The molecule has 1 unspecified atom stereocenters. The van der Waals surface area contributed by atoms with Crippen LogP contribution in [0.1, 0.15) is 6.42 Å². The molecule has 7 nitrogen and oxygen atoms in total. The van der Waals surface area contributed by atoms with Gasteiger partial charge in [0.15, 0.2) is 0 Å². The lowest BCUT2D eigenvalue weighted by Gasteiger charge is -2.36. The van der Waals surface area contributed by atoms with Crippen molar-refractivity contribution in [2.24, 2.45) is 0 Å². The maximum absolute atomic E-state index is 12.2. The molecule has 1 atom stereocenters. The topological polar surface area (TPSA) is 65.1 Å². The summed E-state index contributed by atoms with van der Waals surface area (Å²) >= 11 is 0. The van der Waals surface area contributed by atoms with Crippen molar-refractivity contribution in [3.05, 3.63) is 0 Å². The predicted octanol–water partition coefficient (Wildman–Crippen LogP) is -0.809. The van der Waals surface area contributed by atoms with Crippen LogP contribution in [-0.2, 0) is 9.53 Å². The van der Waals surface area contributed by atoms with Gasteiger partial charge in [-0.1, -0.05) is 0 Å². The normalized spacial score (nSPS) is 23.6. The van der Waals surface area contributed by atoms with Crippen LogP contribution in [0.4, 0.5) is 4.79 Å². The minimum Gasteiger partial charge on any atom is -0.375 e. The van der Waals surface area contributed by atoms with Gasteiger partial charge in [-0.25, -0.2) is 4.79 Å². The summed E-state index contributed by atoms with van der Waals surface area (Å²) in [6, 6.07) is 0.0110. The number of carbonyl (C=O) groups is 2. The zero-order valence-corrected chi connectivity index (χ0v) is 12.3. The Kier molecular flexibility index (Phi) is 5.19. The smallest absolute Gasteiger partial charge is 0.319 e. The van der Waals surface area contributed by atoms with Gasteiger partial charge in [0.25, 0.3) is 0 Å². The maximum atomic E-state index is 12.2. The van der Waals surface area contributed by atoms with E-state index < -0.39 is 0 Å². The van der Waals surface area contributed by atoms with Crippen molar-refractivity contribution in [1.29, 1.82) is 0 Å². The predicted molar refractivity (Wildman–Crippen MR) is 74.5 cm³/mol. The number of ether oxygens (including phenoxy) is 1. The molecular formula is C13H24N4O3. The monoisotopic (exact) mass is 284 g/mol. The number of amides is 3. The Morgan fingerprint density at radius 2 is 1.85 bits per heavy atom. The Balaban J connectivity index is 1.75. The molecule has 0 saturated carbocycles. The van der Waals surface area contributed by atoms with E-state index in [0.29, 0.717) is 39.2 Å². The number of hydrogen-bond donors (Lipinski definition) is 1. The highest BCUT2D eigenvalue weighted by molar-refractivity contribution is 5.78. The first kappa shape index (κ1) is 15.1. The van der Waals surface area contributed by atoms with Crippen LogP contribution in [0.5, 0.6) is 0 Å². The molecule has 0 radical (unpaired) electrons. The second-order valence-corrected chi connectivity index (χ2v) is 5.45. The molecule has 1 N–H and O–H groups in total. The first-order valence-corrected chi connectivity index (χ1v) is 7.14. The Labute approximate surface area is 119 Å². The highest BCUT2D eigenvalue weighted by atomic mass is 16.5. The summed E-state index contributed by atoms with van der Waals surface area (Å²) in [5.74, 6) is 0.121. The molecule has 2 heterocycles. The number of nitrogens with zero attached hydrogens (tertiary/aromatic N) is 3. The van der Waals surface area contributed by atoms with Crippen LogP contribution >= 0.6 is 0 Å². The van der Waals surface area contributed by atoms with E-state index in [1.165, 1.54) is 0 Å². The third kappa shape index (κ3) is 3.83. The van der Waals surface area contributed by atoms with Crippen LogP contribution in [-0.4, -0.2) is 92.7 Å². The molecule has 0 bridgehead atoms. The van der Waals surface area contributed by atoms with E-state index in [1.54, 1.807) is 23.9 Å². The molecule has 2 aliphatic heterocycles. The molecule has 3 amide bonds. The SMILES string of the molecule is CN(C)C(=O)N1CCN(C(=O)CC2CNCCO2)CC1.